The highest BCUT2D eigenvalue weighted by atomic mass is 35.5. The first-order valence-electron chi connectivity index (χ1n) is 4.92. The summed E-state index contributed by atoms with van der Waals surface area (Å²) in [6.45, 7) is 0.0693. The van der Waals surface area contributed by atoms with Crippen LogP contribution in [-0.4, -0.2) is 31.2 Å². The lowest BCUT2D eigenvalue weighted by Gasteiger charge is -2.28. The Kier molecular flexibility index (Phi) is 3.10. The molecule has 0 aromatic heterocycles. The molecule has 0 radical (unpaired) electrons. The van der Waals surface area contributed by atoms with Crippen molar-refractivity contribution in [2.75, 3.05) is 18.0 Å². The zero-order valence-corrected chi connectivity index (χ0v) is 9.53. The number of carbonyl (C=O) groups excluding carboxylic acids is 3. The highest BCUT2D eigenvalue weighted by Crippen LogP contribution is 2.24. The molecule has 0 spiro atoms. The fourth-order valence-electron chi connectivity index (χ4n) is 1.70. The minimum atomic E-state index is -0.391. The van der Waals surface area contributed by atoms with Crippen LogP contribution >= 0.6 is 11.6 Å². The minimum Gasteiger partial charge on any atom is -0.352 e. The number of hydrogen-bond acceptors (Lipinski definition) is 4. The van der Waals surface area contributed by atoms with E-state index >= 15 is 0 Å². The molecule has 0 bridgehead atoms. The maximum Gasteiger partial charge on any atom is 0.246 e. The van der Waals surface area contributed by atoms with Crippen molar-refractivity contribution in [3.8, 4) is 0 Å². The maximum atomic E-state index is 11.2. The van der Waals surface area contributed by atoms with Gasteiger partial charge in [-0.15, -0.1) is 0 Å². The molecule has 6 heteroatoms. The Bertz CT molecular complexity index is 485. The maximum absolute atomic E-state index is 11.2. The summed E-state index contributed by atoms with van der Waals surface area (Å²) in [6, 6.07) is 4.71. The zero-order chi connectivity index (χ0) is 12.4. The Labute approximate surface area is 102 Å². The number of aldehydes is 1. The molecular formula is C11H9ClN2O3. The number of hydrogen-bond donors (Lipinski definition) is 1. The topological polar surface area (TPSA) is 66.5 Å². The summed E-state index contributed by atoms with van der Waals surface area (Å²) in [6.07, 6.45) is 0.669. The van der Waals surface area contributed by atoms with Gasteiger partial charge in [0.25, 0.3) is 0 Å². The van der Waals surface area contributed by atoms with Crippen molar-refractivity contribution < 1.29 is 14.4 Å². The largest absolute Gasteiger partial charge is 0.352 e. The molecule has 1 N–H and O–H groups in total. The molecule has 0 unspecified atom stereocenters. The third-order valence-electron chi connectivity index (χ3n) is 2.41. The molecule has 0 atom stereocenters. The molecular weight excluding hydrogens is 244 g/mol. The van der Waals surface area contributed by atoms with E-state index in [0.29, 0.717) is 22.6 Å². The molecule has 17 heavy (non-hydrogen) atoms. The average molecular weight is 253 g/mol. The van der Waals surface area contributed by atoms with Gasteiger partial charge in [0, 0.05) is 16.3 Å². The van der Waals surface area contributed by atoms with Gasteiger partial charge in [-0.3, -0.25) is 19.7 Å². The Morgan fingerprint density at radius 3 is 2.47 bits per heavy atom. The van der Waals surface area contributed by atoms with Crippen molar-refractivity contribution >= 4 is 35.4 Å². The number of nitrogens with one attached hydrogen (secondary N) is 1. The summed E-state index contributed by atoms with van der Waals surface area (Å²) in [5, 5.41) is 2.64. The Balaban J connectivity index is 2.38. The monoisotopic (exact) mass is 252 g/mol. The number of rotatable bonds is 2. The molecule has 1 aromatic carbocycles. The molecule has 1 saturated heterocycles. The van der Waals surface area contributed by atoms with Gasteiger partial charge in [0.05, 0.1) is 13.1 Å². The van der Waals surface area contributed by atoms with E-state index in [1.165, 1.54) is 4.90 Å². The summed E-state index contributed by atoms with van der Waals surface area (Å²) in [7, 11) is 0. The summed E-state index contributed by atoms with van der Waals surface area (Å²) in [5.74, 6) is -0.781. The molecule has 1 aliphatic rings. The van der Waals surface area contributed by atoms with Crippen LogP contribution in [0.15, 0.2) is 18.2 Å². The van der Waals surface area contributed by atoms with E-state index in [1.54, 1.807) is 18.2 Å². The summed E-state index contributed by atoms with van der Waals surface area (Å²) < 4.78 is 0. The second-order valence-electron chi connectivity index (χ2n) is 3.65. The molecule has 88 valence electrons. The third-order valence-corrected chi connectivity index (χ3v) is 2.64. The normalized spacial score (nSPS) is 15.7. The molecule has 2 rings (SSSR count). The van der Waals surface area contributed by atoms with Crippen LogP contribution in [-0.2, 0) is 9.59 Å². The summed E-state index contributed by atoms with van der Waals surface area (Å²) in [4.78, 5) is 34.9. The van der Waals surface area contributed by atoms with Crippen LogP contribution in [0.2, 0.25) is 5.02 Å². The molecule has 2 amide bonds. The second kappa shape index (κ2) is 4.55. The molecule has 0 saturated carbocycles. The first-order chi connectivity index (χ1) is 8.10. The van der Waals surface area contributed by atoms with Gasteiger partial charge in [-0.2, -0.15) is 0 Å². The third kappa shape index (κ3) is 2.45. The van der Waals surface area contributed by atoms with Crippen LogP contribution in [0.3, 0.4) is 0 Å². The van der Waals surface area contributed by atoms with Crippen molar-refractivity contribution in [1.29, 1.82) is 0 Å². The SMILES string of the molecule is O=Cc1ccc(Cl)cc1N1CC(=O)NC(=O)C1. The van der Waals surface area contributed by atoms with Crippen molar-refractivity contribution in [3.05, 3.63) is 28.8 Å². The van der Waals surface area contributed by atoms with E-state index in [1.807, 2.05) is 0 Å². The summed E-state index contributed by atoms with van der Waals surface area (Å²) in [5.41, 5.74) is 0.896. The van der Waals surface area contributed by atoms with E-state index in [2.05, 4.69) is 5.32 Å². The Morgan fingerprint density at radius 2 is 1.88 bits per heavy atom. The lowest BCUT2D eigenvalue weighted by Crippen LogP contribution is -2.51. The number of piperazine rings is 1. The predicted molar refractivity (Wildman–Crippen MR) is 62.2 cm³/mol. The van der Waals surface area contributed by atoms with Crippen LogP contribution in [0.25, 0.3) is 0 Å². The second-order valence-corrected chi connectivity index (χ2v) is 4.08. The van der Waals surface area contributed by atoms with Crippen LogP contribution in [0.5, 0.6) is 0 Å². The van der Waals surface area contributed by atoms with Gasteiger partial charge >= 0.3 is 0 Å². The van der Waals surface area contributed by atoms with Crippen LogP contribution < -0.4 is 10.2 Å². The smallest absolute Gasteiger partial charge is 0.246 e. The quantitative estimate of drug-likeness (QED) is 0.619. The Hall–Kier alpha value is -1.88. The van der Waals surface area contributed by atoms with Crippen molar-refractivity contribution in [2.24, 2.45) is 0 Å². The number of amides is 2. The Morgan fingerprint density at radius 1 is 1.24 bits per heavy atom. The minimum absolute atomic E-state index is 0.0346. The predicted octanol–water partition coefficient (Wildman–Crippen LogP) is 0.615. The lowest BCUT2D eigenvalue weighted by atomic mass is 10.1. The van der Waals surface area contributed by atoms with Gasteiger partial charge in [-0.1, -0.05) is 11.6 Å². The van der Waals surface area contributed by atoms with Crippen LogP contribution in [0.1, 0.15) is 10.4 Å². The number of halogens is 1. The number of carbonyl (C=O) groups is 3. The number of nitrogens with zero attached hydrogens (tertiary/aromatic N) is 1. The molecule has 1 fully saturated rings. The fourth-order valence-corrected chi connectivity index (χ4v) is 1.86. The molecule has 1 aliphatic heterocycles. The molecule has 5 nitrogen and oxygen atoms in total. The van der Waals surface area contributed by atoms with Crippen molar-refractivity contribution in [1.82, 2.24) is 5.32 Å². The average Bonchev–Trinajstić information content (AvgIpc) is 2.27. The van der Waals surface area contributed by atoms with E-state index in [-0.39, 0.29) is 13.1 Å². The number of anilines is 1. The van der Waals surface area contributed by atoms with Crippen LogP contribution in [0.4, 0.5) is 5.69 Å². The number of imide groups is 1. The highest BCUT2D eigenvalue weighted by molar-refractivity contribution is 6.31. The zero-order valence-electron chi connectivity index (χ0n) is 8.77. The first-order valence-corrected chi connectivity index (χ1v) is 5.30. The van der Waals surface area contributed by atoms with E-state index in [9.17, 15) is 14.4 Å². The molecule has 1 heterocycles. The molecule has 0 aliphatic carbocycles. The van der Waals surface area contributed by atoms with E-state index in [0.717, 1.165) is 0 Å². The van der Waals surface area contributed by atoms with E-state index < -0.39 is 11.8 Å². The van der Waals surface area contributed by atoms with Gasteiger partial charge in [-0.25, -0.2) is 0 Å². The number of benzene rings is 1. The molecule has 1 aromatic rings. The van der Waals surface area contributed by atoms with Gasteiger partial charge in [0.15, 0.2) is 6.29 Å². The first kappa shape index (κ1) is 11.6. The van der Waals surface area contributed by atoms with Gasteiger partial charge in [-0.05, 0) is 18.2 Å². The van der Waals surface area contributed by atoms with Crippen molar-refractivity contribution in [3.63, 3.8) is 0 Å². The van der Waals surface area contributed by atoms with Gasteiger partial charge in [0.1, 0.15) is 0 Å². The van der Waals surface area contributed by atoms with Crippen molar-refractivity contribution in [2.45, 2.75) is 0 Å². The van der Waals surface area contributed by atoms with E-state index in [4.69, 9.17) is 11.6 Å². The lowest BCUT2D eigenvalue weighted by molar-refractivity contribution is -0.130. The fraction of sp³-hybridized carbons (Fsp3) is 0.182. The standard InChI is InChI=1S/C11H9ClN2O3/c12-8-2-1-7(6-15)9(3-8)14-4-10(16)13-11(17)5-14/h1-3,6H,4-5H2,(H,13,16,17). The highest BCUT2D eigenvalue weighted by Gasteiger charge is 2.24. The van der Waals surface area contributed by atoms with Crippen LogP contribution in [0, 0.1) is 0 Å². The van der Waals surface area contributed by atoms with Gasteiger partial charge in [0.2, 0.25) is 11.8 Å². The van der Waals surface area contributed by atoms with Gasteiger partial charge < -0.3 is 4.90 Å². The summed E-state index contributed by atoms with van der Waals surface area (Å²) >= 11 is 5.84.